The van der Waals surface area contributed by atoms with Crippen molar-refractivity contribution in [2.24, 2.45) is 0 Å². The molecule has 1 nitrogen and oxygen atoms in total. The van der Waals surface area contributed by atoms with Crippen LogP contribution in [0.3, 0.4) is 0 Å². The van der Waals surface area contributed by atoms with Crippen LogP contribution in [0.25, 0.3) is 60.0 Å². The molecule has 0 saturated heterocycles. The van der Waals surface area contributed by atoms with Gasteiger partial charge in [0.15, 0.2) is 0 Å². The fourth-order valence-corrected chi connectivity index (χ4v) is 5.59. The van der Waals surface area contributed by atoms with Gasteiger partial charge in [-0.3, -0.25) is 0 Å². The molecule has 33 heavy (non-hydrogen) atoms. The largest absolute Gasteiger partial charge is 0.308 e. The van der Waals surface area contributed by atoms with Gasteiger partial charge in [0.05, 0.1) is 16.6 Å². The standard InChI is InChI=1S/C32H25N/c1-32(2,3)23-15-12-20(13-16-23)21-14-17-29-26(18-21)27-19-22-8-4-5-9-24(22)30-25-10-6-7-11-28(25)33(29)31(27)30/h4-19H,1-3H3. The van der Waals surface area contributed by atoms with Crippen LogP contribution in [-0.4, -0.2) is 4.40 Å². The number of nitrogens with zero attached hydrogens (tertiary/aromatic N) is 1. The Hall–Kier alpha value is -3.84. The van der Waals surface area contributed by atoms with Gasteiger partial charge in [-0.1, -0.05) is 93.6 Å². The summed E-state index contributed by atoms with van der Waals surface area (Å²) in [5.41, 5.74) is 7.97. The lowest BCUT2D eigenvalue weighted by atomic mass is 9.86. The molecular formula is C32H25N. The van der Waals surface area contributed by atoms with Gasteiger partial charge in [-0.2, -0.15) is 0 Å². The highest BCUT2D eigenvalue weighted by molar-refractivity contribution is 6.31. The third kappa shape index (κ3) is 2.54. The number of para-hydroxylation sites is 1. The van der Waals surface area contributed by atoms with Gasteiger partial charge in [-0.25, -0.2) is 0 Å². The minimum absolute atomic E-state index is 0.164. The normalized spacial score (nSPS) is 12.7. The van der Waals surface area contributed by atoms with E-state index in [9.17, 15) is 0 Å². The highest BCUT2D eigenvalue weighted by Gasteiger charge is 2.20. The predicted octanol–water partition coefficient (Wildman–Crippen LogP) is 8.95. The molecule has 158 valence electrons. The molecule has 0 atom stereocenters. The summed E-state index contributed by atoms with van der Waals surface area (Å²) in [6, 6.07) is 36.0. The van der Waals surface area contributed by atoms with Gasteiger partial charge in [0, 0.05) is 21.5 Å². The third-order valence-corrected chi connectivity index (χ3v) is 7.27. The van der Waals surface area contributed by atoms with E-state index in [0.29, 0.717) is 0 Å². The Morgan fingerprint density at radius 3 is 2.00 bits per heavy atom. The predicted molar refractivity (Wildman–Crippen MR) is 143 cm³/mol. The first kappa shape index (κ1) is 18.7. The molecule has 0 unspecified atom stereocenters. The van der Waals surface area contributed by atoms with Crippen LogP contribution in [0.2, 0.25) is 0 Å². The molecule has 2 heterocycles. The van der Waals surface area contributed by atoms with Crippen LogP contribution >= 0.6 is 0 Å². The first-order chi connectivity index (χ1) is 16.0. The Balaban J connectivity index is 1.58. The number of fused-ring (bicyclic) bond motifs is 8. The average Bonchev–Trinajstić information content (AvgIpc) is 3.34. The van der Waals surface area contributed by atoms with E-state index in [2.05, 4.69) is 122 Å². The Bertz CT molecular complexity index is 1830. The first-order valence-electron chi connectivity index (χ1n) is 11.7. The zero-order valence-electron chi connectivity index (χ0n) is 19.2. The molecule has 0 aliphatic rings. The summed E-state index contributed by atoms with van der Waals surface area (Å²) in [7, 11) is 0. The summed E-state index contributed by atoms with van der Waals surface area (Å²) >= 11 is 0. The van der Waals surface area contributed by atoms with Crippen LogP contribution in [0.5, 0.6) is 0 Å². The van der Waals surface area contributed by atoms with Crippen molar-refractivity contribution in [3.05, 3.63) is 103 Å². The third-order valence-electron chi connectivity index (χ3n) is 7.27. The monoisotopic (exact) mass is 423 g/mol. The molecule has 0 spiro atoms. The van der Waals surface area contributed by atoms with Gasteiger partial charge in [0.1, 0.15) is 0 Å². The lowest BCUT2D eigenvalue weighted by Gasteiger charge is -2.19. The molecule has 1 heteroatoms. The van der Waals surface area contributed by atoms with Crippen molar-refractivity contribution in [3.63, 3.8) is 0 Å². The number of aromatic nitrogens is 1. The SMILES string of the molecule is CC(C)(C)c1ccc(-c2ccc3c(c2)c2cc4ccccc4c4c5ccccc5n3c24)cc1. The van der Waals surface area contributed by atoms with Crippen molar-refractivity contribution in [3.8, 4) is 11.1 Å². The Morgan fingerprint density at radius 2 is 1.21 bits per heavy atom. The van der Waals surface area contributed by atoms with Crippen molar-refractivity contribution in [1.29, 1.82) is 0 Å². The highest BCUT2D eigenvalue weighted by Crippen LogP contribution is 2.43. The smallest absolute Gasteiger partial charge is 0.0626 e. The summed E-state index contributed by atoms with van der Waals surface area (Å²) < 4.78 is 2.47. The molecule has 7 aromatic rings. The summed E-state index contributed by atoms with van der Waals surface area (Å²) in [4.78, 5) is 0. The van der Waals surface area contributed by atoms with Crippen molar-refractivity contribution >= 4 is 48.9 Å². The van der Waals surface area contributed by atoms with Crippen molar-refractivity contribution in [2.75, 3.05) is 0 Å². The van der Waals surface area contributed by atoms with Gasteiger partial charge in [0.2, 0.25) is 0 Å². The van der Waals surface area contributed by atoms with Crippen LogP contribution in [0.1, 0.15) is 26.3 Å². The second-order valence-corrected chi connectivity index (χ2v) is 10.3. The van der Waals surface area contributed by atoms with Crippen LogP contribution in [0, 0.1) is 0 Å². The van der Waals surface area contributed by atoms with E-state index in [-0.39, 0.29) is 5.41 Å². The van der Waals surface area contributed by atoms with Crippen LogP contribution in [-0.2, 0) is 5.41 Å². The minimum atomic E-state index is 0.164. The summed E-state index contributed by atoms with van der Waals surface area (Å²) in [5.74, 6) is 0. The van der Waals surface area contributed by atoms with Crippen LogP contribution < -0.4 is 0 Å². The number of rotatable bonds is 1. The quantitative estimate of drug-likeness (QED) is 0.248. The number of hydrogen-bond donors (Lipinski definition) is 0. The van der Waals surface area contributed by atoms with E-state index < -0.39 is 0 Å². The van der Waals surface area contributed by atoms with E-state index in [1.165, 1.54) is 65.6 Å². The maximum absolute atomic E-state index is 2.47. The molecule has 2 aromatic heterocycles. The van der Waals surface area contributed by atoms with Crippen molar-refractivity contribution in [1.82, 2.24) is 4.40 Å². The molecular weight excluding hydrogens is 398 g/mol. The van der Waals surface area contributed by atoms with E-state index in [1.807, 2.05) is 0 Å². The molecule has 0 amide bonds. The average molecular weight is 424 g/mol. The van der Waals surface area contributed by atoms with Gasteiger partial charge in [-0.05, 0) is 57.1 Å². The molecule has 0 fully saturated rings. The number of hydrogen-bond acceptors (Lipinski definition) is 0. The second-order valence-electron chi connectivity index (χ2n) is 10.3. The van der Waals surface area contributed by atoms with Gasteiger partial charge < -0.3 is 4.40 Å². The minimum Gasteiger partial charge on any atom is -0.308 e. The molecule has 0 saturated carbocycles. The topological polar surface area (TPSA) is 4.41 Å². The molecule has 0 radical (unpaired) electrons. The van der Waals surface area contributed by atoms with Gasteiger partial charge in [0.25, 0.3) is 0 Å². The maximum Gasteiger partial charge on any atom is 0.0626 e. The fraction of sp³-hybridized carbons (Fsp3) is 0.125. The van der Waals surface area contributed by atoms with Gasteiger partial charge >= 0.3 is 0 Å². The van der Waals surface area contributed by atoms with E-state index in [1.54, 1.807) is 0 Å². The zero-order valence-corrected chi connectivity index (χ0v) is 19.2. The lowest BCUT2D eigenvalue weighted by molar-refractivity contribution is 0.590. The lowest BCUT2D eigenvalue weighted by Crippen LogP contribution is -2.10. The Kier molecular flexibility index (Phi) is 3.60. The van der Waals surface area contributed by atoms with Crippen molar-refractivity contribution < 1.29 is 0 Å². The summed E-state index contributed by atoms with van der Waals surface area (Å²) in [5, 5.41) is 7.99. The molecule has 7 rings (SSSR count). The van der Waals surface area contributed by atoms with E-state index >= 15 is 0 Å². The molecule has 0 aliphatic carbocycles. The van der Waals surface area contributed by atoms with Crippen molar-refractivity contribution in [2.45, 2.75) is 26.2 Å². The first-order valence-corrected chi connectivity index (χ1v) is 11.7. The fourth-order valence-electron chi connectivity index (χ4n) is 5.59. The van der Waals surface area contributed by atoms with Crippen LogP contribution in [0.15, 0.2) is 97.1 Å². The summed E-state index contributed by atoms with van der Waals surface area (Å²) in [6.45, 7) is 6.80. The maximum atomic E-state index is 2.47. The van der Waals surface area contributed by atoms with E-state index in [0.717, 1.165) is 0 Å². The highest BCUT2D eigenvalue weighted by atomic mass is 14.9. The summed E-state index contributed by atoms with van der Waals surface area (Å²) in [6.07, 6.45) is 0. The van der Waals surface area contributed by atoms with Gasteiger partial charge in [-0.15, -0.1) is 0 Å². The zero-order chi connectivity index (χ0) is 22.3. The molecule has 0 aliphatic heterocycles. The van der Waals surface area contributed by atoms with Crippen LogP contribution in [0.4, 0.5) is 0 Å². The number of benzene rings is 5. The van der Waals surface area contributed by atoms with E-state index in [4.69, 9.17) is 0 Å². The molecule has 0 N–H and O–H groups in total. The second kappa shape index (κ2) is 6.36. The molecule has 5 aromatic carbocycles. The Morgan fingerprint density at radius 1 is 0.545 bits per heavy atom. The molecule has 0 bridgehead atoms. The Labute approximate surface area is 193 Å².